The monoisotopic (exact) mass is 336 g/mol. The molecule has 4 N–H and O–H groups in total. The maximum atomic E-state index is 12.5. The molecule has 1 aromatic heterocycles. The smallest absolute Gasteiger partial charge is 0.240 e. The lowest BCUT2D eigenvalue weighted by molar-refractivity contribution is -0.116. The molecule has 0 aliphatic carbocycles. The van der Waals surface area contributed by atoms with E-state index in [-0.39, 0.29) is 23.1 Å². The molecule has 0 spiro atoms. The van der Waals surface area contributed by atoms with Crippen molar-refractivity contribution >= 4 is 46.9 Å². The third kappa shape index (κ3) is 3.07. The van der Waals surface area contributed by atoms with E-state index in [1.54, 1.807) is 17.0 Å². The van der Waals surface area contributed by atoms with Gasteiger partial charge in [0.1, 0.15) is 0 Å². The summed E-state index contributed by atoms with van der Waals surface area (Å²) in [5.41, 5.74) is 11.9. The van der Waals surface area contributed by atoms with E-state index in [0.29, 0.717) is 23.1 Å². The van der Waals surface area contributed by atoms with E-state index < -0.39 is 0 Å². The average Bonchev–Trinajstić information content (AvgIpc) is 2.79. The molecule has 114 valence electrons. The molecule has 1 saturated heterocycles. The lowest BCUT2D eigenvalue weighted by Crippen LogP contribution is -2.28. The van der Waals surface area contributed by atoms with E-state index in [2.05, 4.69) is 15.0 Å². The summed E-state index contributed by atoms with van der Waals surface area (Å²) in [6, 6.07) is 7.22. The van der Waals surface area contributed by atoms with E-state index in [9.17, 15) is 4.79 Å². The molecule has 0 bridgehead atoms. The number of hydrogen-bond donors (Lipinski definition) is 2. The first-order valence-corrected chi connectivity index (χ1v) is 7.79. The van der Waals surface area contributed by atoms with Gasteiger partial charge >= 0.3 is 0 Å². The Labute approximate surface area is 136 Å². The molecular weight excluding hydrogens is 324 g/mol. The van der Waals surface area contributed by atoms with Gasteiger partial charge in [0.25, 0.3) is 0 Å². The van der Waals surface area contributed by atoms with Crippen molar-refractivity contribution in [3.05, 3.63) is 29.3 Å². The summed E-state index contributed by atoms with van der Waals surface area (Å²) in [4.78, 5) is 25.9. The van der Waals surface area contributed by atoms with Crippen molar-refractivity contribution in [3.63, 3.8) is 0 Å². The first-order valence-electron chi connectivity index (χ1n) is 6.53. The zero-order valence-corrected chi connectivity index (χ0v) is 13.0. The molecule has 1 fully saturated rings. The number of rotatable bonds is 3. The van der Waals surface area contributed by atoms with Gasteiger partial charge in [-0.25, -0.2) is 0 Å². The number of carbonyl (C=O) groups excluding carboxylic acids is 1. The summed E-state index contributed by atoms with van der Waals surface area (Å²) in [6.07, 6.45) is 0.682. The number of nitrogen functional groups attached to an aromatic ring is 2. The van der Waals surface area contributed by atoms with Crippen LogP contribution in [0.3, 0.4) is 0 Å². The maximum Gasteiger partial charge on any atom is 0.240 e. The Balaban J connectivity index is 1.76. The molecular formula is C13H13ClN6OS. The summed E-state index contributed by atoms with van der Waals surface area (Å²) >= 11 is 7.22. The summed E-state index contributed by atoms with van der Waals surface area (Å²) in [6.45, 7) is 0.618. The molecule has 9 heteroatoms. The topological polar surface area (TPSA) is 111 Å². The number of carbonyl (C=O) groups is 1. The van der Waals surface area contributed by atoms with Crippen LogP contribution in [0, 0.1) is 0 Å². The third-order valence-electron chi connectivity index (χ3n) is 3.17. The van der Waals surface area contributed by atoms with Gasteiger partial charge in [0.05, 0.1) is 5.25 Å². The van der Waals surface area contributed by atoms with Gasteiger partial charge in [0, 0.05) is 17.3 Å². The van der Waals surface area contributed by atoms with Crippen LogP contribution in [-0.2, 0) is 4.79 Å². The molecule has 0 unspecified atom stereocenters. The average molecular weight is 337 g/mol. The number of hydrogen-bond acceptors (Lipinski definition) is 7. The fourth-order valence-corrected chi connectivity index (χ4v) is 3.41. The van der Waals surface area contributed by atoms with E-state index in [0.717, 1.165) is 5.69 Å². The molecule has 1 aliphatic rings. The number of halogens is 1. The van der Waals surface area contributed by atoms with Gasteiger partial charge in [0.2, 0.25) is 17.8 Å². The van der Waals surface area contributed by atoms with E-state index in [4.69, 9.17) is 23.1 Å². The second-order valence-corrected chi connectivity index (χ2v) is 6.31. The Morgan fingerprint density at radius 1 is 1.23 bits per heavy atom. The van der Waals surface area contributed by atoms with E-state index >= 15 is 0 Å². The fourth-order valence-electron chi connectivity index (χ4n) is 2.23. The van der Waals surface area contributed by atoms with Crippen LogP contribution in [-0.4, -0.2) is 32.7 Å². The molecule has 1 amide bonds. The van der Waals surface area contributed by atoms with Crippen molar-refractivity contribution in [1.82, 2.24) is 15.0 Å². The van der Waals surface area contributed by atoms with Crippen molar-refractivity contribution in [3.8, 4) is 0 Å². The van der Waals surface area contributed by atoms with Crippen LogP contribution in [0.25, 0.3) is 0 Å². The molecule has 0 radical (unpaired) electrons. The highest BCUT2D eigenvalue weighted by Crippen LogP contribution is 2.32. The number of amides is 1. The number of anilines is 3. The molecule has 0 saturated carbocycles. The van der Waals surface area contributed by atoms with Gasteiger partial charge in [-0.1, -0.05) is 29.4 Å². The standard InChI is InChI=1S/C13H13ClN6OS/c14-7-2-1-3-8(6-7)20-5-4-9(10(20)21)22-13-18-11(15)17-12(16)19-13/h1-3,6,9H,4-5H2,(H4,15,16,17,18,19)/t9-/m1/s1. The van der Waals surface area contributed by atoms with Crippen LogP contribution >= 0.6 is 23.4 Å². The molecule has 2 aromatic rings. The second-order valence-electron chi connectivity index (χ2n) is 4.70. The molecule has 1 atom stereocenters. The fraction of sp³-hybridized carbons (Fsp3) is 0.231. The Morgan fingerprint density at radius 2 is 1.95 bits per heavy atom. The van der Waals surface area contributed by atoms with Crippen molar-refractivity contribution in [2.75, 3.05) is 22.9 Å². The number of thioether (sulfide) groups is 1. The predicted molar refractivity (Wildman–Crippen MR) is 86.7 cm³/mol. The van der Waals surface area contributed by atoms with E-state index in [1.165, 1.54) is 11.8 Å². The van der Waals surface area contributed by atoms with Crippen molar-refractivity contribution in [2.24, 2.45) is 0 Å². The quantitative estimate of drug-likeness (QED) is 0.875. The number of benzene rings is 1. The van der Waals surface area contributed by atoms with E-state index in [1.807, 2.05) is 12.1 Å². The minimum absolute atomic E-state index is 0.00942. The lowest BCUT2D eigenvalue weighted by atomic mass is 10.3. The Hall–Kier alpha value is -2.06. The highest BCUT2D eigenvalue weighted by Gasteiger charge is 2.34. The minimum Gasteiger partial charge on any atom is -0.368 e. The van der Waals surface area contributed by atoms with Gasteiger partial charge in [-0.15, -0.1) is 0 Å². The van der Waals surface area contributed by atoms with Crippen molar-refractivity contribution in [2.45, 2.75) is 16.8 Å². The highest BCUT2D eigenvalue weighted by atomic mass is 35.5. The van der Waals surface area contributed by atoms with Gasteiger partial charge in [-0.05, 0) is 24.6 Å². The van der Waals surface area contributed by atoms with Crippen LogP contribution in [0.2, 0.25) is 5.02 Å². The van der Waals surface area contributed by atoms with Crippen LogP contribution in [0.4, 0.5) is 17.6 Å². The zero-order valence-electron chi connectivity index (χ0n) is 11.4. The summed E-state index contributed by atoms with van der Waals surface area (Å²) in [5, 5.41) is 0.677. The normalized spacial score (nSPS) is 18.0. The predicted octanol–water partition coefficient (Wildman–Crippen LogP) is 1.59. The Bertz CT molecular complexity index is 707. The summed E-state index contributed by atoms with van der Waals surface area (Å²) in [5.74, 6) is 0.0871. The van der Waals surface area contributed by atoms with Gasteiger partial charge in [0.15, 0.2) is 5.16 Å². The SMILES string of the molecule is Nc1nc(N)nc(S[C@@H]2CCN(c3cccc(Cl)c3)C2=O)n1. The van der Waals surface area contributed by atoms with Crippen molar-refractivity contribution < 1.29 is 4.79 Å². The second kappa shape index (κ2) is 5.98. The molecule has 3 rings (SSSR count). The number of nitrogens with zero attached hydrogens (tertiary/aromatic N) is 4. The zero-order chi connectivity index (χ0) is 15.7. The number of aromatic nitrogens is 3. The third-order valence-corrected chi connectivity index (χ3v) is 4.52. The van der Waals surface area contributed by atoms with Crippen LogP contribution in [0.15, 0.2) is 29.4 Å². The van der Waals surface area contributed by atoms with Gasteiger partial charge < -0.3 is 16.4 Å². The summed E-state index contributed by atoms with van der Waals surface area (Å²) < 4.78 is 0. The largest absolute Gasteiger partial charge is 0.368 e. The molecule has 7 nitrogen and oxygen atoms in total. The Kier molecular flexibility index (Phi) is 4.04. The first kappa shape index (κ1) is 14.9. The summed E-state index contributed by atoms with van der Waals surface area (Å²) in [7, 11) is 0. The molecule has 1 aromatic carbocycles. The Morgan fingerprint density at radius 3 is 2.64 bits per heavy atom. The van der Waals surface area contributed by atoms with Gasteiger partial charge in [-0.3, -0.25) is 4.79 Å². The minimum atomic E-state index is -0.278. The molecule has 1 aliphatic heterocycles. The number of nitrogens with two attached hydrogens (primary N) is 2. The van der Waals surface area contributed by atoms with Gasteiger partial charge in [-0.2, -0.15) is 15.0 Å². The van der Waals surface area contributed by atoms with Crippen LogP contribution in [0.1, 0.15) is 6.42 Å². The highest BCUT2D eigenvalue weighted by molar-refractivity contribution is 8.00. The lowest BCUT2D eigenvalue weighted by Gasteiger charge is -2.16. The maximum absolute atomic E-state index is 12.5. The molecule has 22 heavy (non-hydrogen) atoms. The van der Waals surface area contributed by atoms with Crippen LogP contribution in [0.5, 0.6) is 0 Å². The van der Waals surface area contributed by atoms with Crippen LogP contribution < -0.4 is 16.4 Å². The van der Waals surface area contributed by atoms with Crippen molar-refractivity contribution in [1.29, 1.82) is 0 Å². The first-order chi connectivity index (χ1) is 10.5. The molecule has 2 heterocycles.